The van der Waals surface area contributed by atoms with Crippen LogP contribution in [0, 0.1) is 0 Å². The molecule has 0 saturated heterocycles. The number of benzene rings is 2. The van der Waals surface area contributed by atoms with Crippen LogP contribution in [0.5, 0.6) is 11.5 Å². The van der Waals surface area contributed by atoms with Crippen molar-refractivity contribution in [3.63, 3.8) is 0 Å². The van der Waals surface area contributed by atoms with Gasteiger partial charge in [0.05, 0.1) is 13.2 Å². The van der Waals surface area contributed by atoms with Crippen LogP contribution in [0.25, 0.3) is 11.1 Å². The maximum atomic E-state index is 11.5. The zero-order chi connectivity index (χ0) is 23.3. The van der Waals surface area contributed by atoms with Crippen LogP contribution in [-0.4, -0.2) is 38.4 Å². The summed E-state index contributed by atoms with van der Waals surface area (Å²) in [5, 5.41) is 0. The molecule has 172 valence electrons. The summed E-state index contributed by atoms with van der Waals surface area (Å²) >= 11 is 0. The third-order valence-electron chi connectivity index (χ3n) is 4.80. The summed E-state index contributed by atoms with van der Waals surface area (Å²) in [6.07, 6.45) is 1.74. The molecule has 0 unspecified atom stereocenters. The van der Waals surface area contributed by atoms with Gasteiger partial charge in [0.2, 0.25) is 0 Å². The summed E-state index contributed by atoms with van der Waals surface area (Å²) in [6, 6.07) is 15.5. The molecule has 0 heterocycles. The number of hydrogen-bond donors (Lipinski definition) is 0. The molecule has 2 rings (SSSR count). The van der Waals surface area contributed by atoms with E-state index in [9.17, 15) is 9.59 Å². The summed E-state index contributed by atoms with van der Waals surface area (Å²) in [4.78, 5) is 22.9. The second-order valence-corrected chi connectivity index (χ2v) is 6.90. The first-order valence-corrected chi connectivity index (χ1v) is 11.0. The van der Waals surface area contributed by atoms with Gasteiger partial charge in [0.1, 0.15) is 11.5 Å². The third-order valence-corrected chi connectivity index (χ3v) is 4.80. The number of ether oxygens (including phenoxy) is 4. The molecular formula is C26H32O6. The standard InChI is InChI=1S/C26H32O6/c1-5-23(19-9-13-21(14-10-19)31-17-25(27)29-7-3)24(6-2)20-11-15-22(16-12-20)32-18-26(28)30-8-4/h9-16H,5-8,17-18H2,1-4H3/b24-23+. The quantitative estimate of drug-likeness (QED) is 0.329. The first kappa shape index (κ1) is 25.0. The van der Waals surface area contributed by atoms with Gasteiger partial charge in [-0.3, -0.25) is 0 Å². The highest BCUT2D eigenvalue weighted by Crippen LogP contribution is 2.33. The van der Waals surface area contributed by atoms with Crippen LogP contribution in [0.4, 0.5) is 0 Å². The SMILES string of the molecule is CCOC(=O)COc1ccc(/C(CC)=C(\CC)c2ccc(OCC(=O)OCC)cc2)cc1. The van der Waals surface area contributed by atoms with E-state index in [-0.39, 0.29) is 25.2 Å². The Kier molecular flexibility index (Phi) is 10.3. The van der Waals surface area contributed by atoms with Crippen molar-refractivity contribution < 1.29 is 28.5 Å². The molecule has 0 bridgehead atoms. The van der Waals surface area contributed by atoms with E-state index in [0.717, 1.165) is 24.0 Å². The number of esters is 2. The predicted molar refractivity (Wildman–Crippen MR) is 125 cm³/mol. The molecule has 0 radical (unpaired) electrons. The molecule has 0 aliphatic carbocycles. The lowest BCUT2D eigenvalue weighted by molar-refractivity contribution is -0.146. The van der Waals surface area contributed by atoms with Crippen molar-refractivity contribution in [2.45, 2.75) is 40.5 Å². The lowest BCUT2D eigenvalue weighted by atomic mass is 9.91. The van der Waals surface area contributed by atoms with Crippen molar-refractivity contribution in [2.75, 3.05) is 26.4 Å². The molecule has 0 aliphatic heterocycles. The van der Waals surface area contributed by atoms with Crippen LogP contribution >= 0.6 is 0 Å². The van der Waals surface area contributed by atoms with Crippen molar-refractivity contribution in [3.05, 3.63) is 59.7 Å². The molecule has 0 N–H and O–H groups in total. The topological polar surface area (TPSA) is 71.1 Å². The van der Waals surface area contributed by atoms with Crippen molar-refractivity contribution in [1.29, 1.82) is 0 Å². The molecule has 0 atom stereocenters. The summed E-state index contributed by atoms with van der Waals surface area (Å²) in [6.45, 7) is 8.26. The van der Waals surface area contributed by atoms with Gasteiger partial charge in [0.25, 0.3) is 0 Å². The van der Waals surface area contributed by atoms with Crippen molar-refractivity contribution in [3.8, 4) is 11.5 Å². The van der Waals surface area contributed by atoms with Gasteiger partial charge < -0.3 is 18.9 Å². The fourth-order valence-electron chi connectivity index (χ4n) is 3.38. The zero-order valence-electron chi connectivity index (χ0n) is 19.3. The number of allylic oxidation sites excluding steroid dienone is 2. The van der Waals surface area contributed by atoms with Gasteiger partial charge in [-0.25, -0.2) is 9.59 Å². The van der Waals surface area contributed by atoms with Gasteiger partial charge >= 0.3 is 11.9 Å². The highest BCUT2D eigenvalue weighted by atomic mass is 16.6. The minimum atomic E-state index is -0.381. The Labute approximate surface area is 190 Å². The Hall–Kier alpha value is -3.28. The normalized spacial score (nSPS) is 11.4. The molecule has 0 saturated carbocycles. The Bertz CT molecular complexity index is 821. The van der Waals surface area contributed by atoms with E-state index < -0.39 is 0 Å². The Morgan fingerprint density at radius 2 is 0.938 bits per heavy atom. The molecule has 0 aromatic heterocycles. The predicted octanol–water partition coefficient (Wildman–Crippen LogP) is 5.30. The average molecular weight is 441 g/mol. The van der Waals surface area contributed by atoms with Gasteiger partial charge in [0.15, 0.2) is 13.2 Å². The monoisotopic (exact) mass is 440 g/mol. The molecule has 6 heteroatoms. The molecule has 2 aromatic carbocycles. The molecule has 0 spiro atoms. The van der Waals surface area contributed by atoms with E-state index in [4.69, 9.17) is 18.9 Å². The van der Waals surface area contributed by atoms with Gasteiger partial charge in [-0.15, -0.1) is 0 Å². The summed E-state index contributed by atoms with van der Waals surface area (Å²) in [5.41, 5.74) is 4.69. The second-order valence-electron chi connectivity index (χ2n) is 6.90. The van der Waals surface area contributed by atoms with E-state index in [1.54, 1.807) is 13.8 Å². The van der Waals surface area contributed by atoms with Crippen LogP contribution in [0.15, 0.2) is 48.5 Å². The van der Waals surface area contributed by atoms with Crippen molar-refractivity contribution in [2.24, 2.45) is 0 Å². The van der Waals surface area contributed by atoms with Crippen LogP contribution in [-0.2, 0) is 19.1 Å². The lowest BCUT2D eigenvalue weighted by Gasteiger charge is -2.15. The summed E-state index contributed by atoms with van der Waals surface area (Å²) < 4.78 is 20.7. The van der Waals surface area contributed by atoms with E-state index in [1.807, 2.05) is 48.5 Å². The van der Waals surface area contributed by atoms with Crippen LogP contribution in [0.3, 0.4) is 0 Å². The van der Waals surface area contributed by atoms with Gasteiger partial charge in [-0.1, -0.05) is 38.1 Å². The number of hydrogen-bond acceptors (Lipinski definition) is 6. The van der Waals surface area contributed by atoms with Crippen molar-refractivity contribution in [1.82, 2.24) is 0 Å². The Balaban J connectivity index is 2.14. The molecular weight excluding hydrogens is 408 g/mol. The van der Waals surface area contributed by atoms with Crippen molar-refractivity contribution >= 4 is 23.1 Å². The number of carbonyl (C=O) groups excluding carboxylic acids is 2. The highest BCUT2D eigenvalue weighted by Gasteiger charge is 2.11. The second kappa shape index (κ2) is 13.2. The minimum Gasteiger partial charge on any atom is -0.482 e. The molecule has 2 aromatic rings. The average Bonchev–Trinajstić information content (AvgIpc) is 2.81. The Morgan fingerprint density at radius 3 is 1.22 bits per heavy atom. The minimum absolute atomic E-state index is 0.103. The van der Waals surface area contributed by atoms with E-state index >= 15 is 0 Å². The molecule has 6 nitrogen and oxygen atoms in total. The molecule has 0 aliphatic rings. The maximum absolute atomic E-state index is 11.5. The zero-order valence-corrected chi connectivity index (χ0v) is 19.3. The lowest BCUT2D eigenvalue weighted by Crippen LogP contribution is -2.14. The summed E-state index contributed by atoms with van der Waals surface area (Å²) in [7, 11) is 0. The van der Waals surface area contributed by atoms with Crippen LogP contribution < -0.4 is 9.47 Å². The highest BCUT2D eigenvalue weighted by molar-refractivity contribution is 5.90. The Morgan fingerprint density at radius 1 is 0.594 bits per heavy atom. The largest absolute Gasteiger partial charge is 0.482 e. The fourth-order valence-corrected chi connectivity index (χ4v) is 3.38. The number of carbonyl (C=O) groups is 2. The van der Waals surface area contributed by atoms with Crippen LogP contribution in [0.1, 0.15) is 51.7 Å². The van der Waals surface area contributed by atoms with Gasteiger partial charge in [-0.05, 0) is 73.2 Å². The molecule has 0 amide bonds. The maximum Gasteiger partial charge on any atom is 0.344 e. The van der Waals surface area contributed by atoms with E-state index in [0.29, 0.717) is 24.7 Å². The third kappa shape index (κ3) is 7.45. The smallest absolute Gasteiger partial charge is 0.344 e. The molecule has 0 fully saturated rings. The first-order chi connectivity index (χ1) is 15.5. The van der Waals surface area contributed by atoms with Gasteiger partial charge in [-0.2, -0.15) is 0 Å². The van der Waals surface area contributed by atoms with E-state index in [2.05, 4.69) is 13.8 Å². The van der Waals surface area contributed by atoms with Gasteiger partial charge in [0, 0.05) is 0 Å². The van der Waals surface area contributed by atoms with E-state index in [1.165, 1.54) is 11.1 Å². The fraction of sp³-hybridized carbons (Fsp3) is 0.385. The summed E-state index contributed by atoms with van der Waals surface area (Å²) in [5.74, 6) is 0.485. The molecule has 32 heavy (non-hydrogen) atoms. The number of rotatable bonds is 12. The first-order valence-electron chi connectivity index (χ1n) is 11.0. The van der Waals surface area contributed by atoms with Crippen LogP contribution in [0.2, 0.25) is 0 Å².